The lowest BCUT2D eigenvalue weighted by Gasteiger charge is -2.37. The third kappa shape index (κ3) is 6.05. The molecule has 2 aliphatic heterocycles. The van der Waals surface area contributed by atoms with Gasteiger partial charge >= 0.3 is 12.1 Å². The van der Waals surface area contributed by atoms with Crippen LogP contribution in [0.3, 0.4) is 0 Å². The molecule has 0 saturated carbocycles. The molecule has 46 heavy (non-hydrogen) atoms. The number of carboxylic acids is 1. The number of pyridine rings is 2. The second-order valence-corrected chi connectivity index (χ2v) is 11.1. The zero-order chi connectivity index (χ0) is 32.5. The molecule has 2 N–H and O–H groups in total. The molecule has 238 valence electrons. The molecular weight excluding hydrogens is 602 g/mol. The van der Waals surface area contributed by atoms with Gasteiger partial charge in [-0.15, -0.1) is 0 Å². The van der Waals surface area contributed by atoms with Gasteiger partial charge in [-0.05, 0) is 48.5 Å². The number of carbonyl (C=O) groups is 3. The number of anilines is 3. The molecule has 6 rings (SSSR count). The number of aromatic nitrogens is 2. The smallest absolute Gasteiger partial charge is 0.414 e. The highest BCUT2D eigenvalue weighted by Gasteiger charge is 2.32. The lowest BCUT2D eigenvalue weighted by Crippen LogP contribution is -2.46. The third-order valence-corrected chi connectivity index (χ3v) is 8.12. The van der Waals surface area contributed by atoms with Crippen molar-refractivity contribution in [1.82, 2.24) is 14.9 Å². The average molecular weight is 633 g/mol. The summed E-state index contributed by atoms with van der Waals surface area (Å²) < 4.78 is 35.9. The van der Waals surface area contributed by atoms with Crippen molar-refractivity contribution in [3.63, 3.8) is 0 Å². The number of aromatic carboxylic acids is 1. The van der Waals surface area contributed by atoms with Crippen LogP contribution in [0.15, 0.2) is 65.7 Å². The van der Waals surface area contributed by atoms with E-state index in [1.807, 2.05) is 29.2 Å². The molecule has 4 aromatic rings. The number of rotatable bonds is 8. The molecule has 12 nitrogen and oxygen atoms in total. The first kappa shape index (κ1) is 30.5. The summed E-state index contributed by atoms with van der Waals surface area (Å²) in [7, 11) is 0. The minimum Gasteiger partial charge on any atom is -0.477 e. The van der Waals surface area contributed by atoms with Gasteiger partial charge in [0.05, 0.1) is 29.3 Å². The van der Waals surface area contributed by atoms with E-state index in [0.717, 1.165) is 30.2 Å². The zero-order valence-electron chi connectivity index (χ0n) is 24.8. The Morgan fingerprint density at radius 3 is 2.35 bits per heavy atom. The fourth-order valence-electron chi connectivity index (χ4n) is 5.77. The number of ether oxygens (including phenoxy) is 1. The van der Waals surface area contributed by atoms with Crippen molar-refractivity contribution in [2.75, 3.05) is 54.0 Å². The summed E-state index contributed by atoms with van der Waals surface area (Å²) >= 11 is 0. The van der Waals surface area contributed by atoms with Crippen LogP contribution in [-0.4, -0.2) is 78.0 Å². The SMILES string of the molecule is CC(=O)NCC[C@H]1CN(c2ccc(N3CCN(c4cc5c(cc4F)c(=O)c(C(=O)O)cn5-c4ccc(F)cn4)CC3)cc2)C(=O)O1. The van der Waals surface area contributed by atoms with Crippen molar-refractivity contribution in [3.05, 3.63) is 88.3 Å². The van der Waals surface area contributed by atoms with E-state index in [1.54, 1.807) is 4.90 Å². The fraction of sp³-hybridized carbons (Fsp3) is 0.281. The van der Waals surface area contributed by atoms with Crippen molar-refractivity contribution >= 4 is 45.9 Å². The predicted octanol–water partition coefficient (Wildman–Crippen LogP) is 3.54. The quantitative estimate of drug-likeness (QED) is 0.299. The lowest BCUT2D eigenvalue weighted by molar-refractivity contribution is -0.119. The molecule has 14 heteroatoms. The Labute approximate surface area is 261 Å². The van der Waals surface area contributed by atoms with Gasteiger partial charge in [-0.1, -0.05) is 0 Å². The number of nitrogens with one attached hydrogen (secondary N) is 1. The van der Waals surface area contributed by atoms with Gasteiger partial charge in [0, 0.05) is 63.6 Å². The monoisotopic (exact) mass is 632 g/mol. The van der Waals surface area contributed by atoms with Crippen LogP contribution in [0, 0.1) is 11.6 Å². The van der Waals surface area contributed by atoms with Gasteiger partial charge < -0.3 is 29.5 Å². The van der Waals surface area contributed by atoms with Crippen LogP contribution < -0.4 is 25.4 Å². The number of piperazine rings is 1. The maximum Gasteiger partial charge on any atom is 0.414 e. The maximum absolute atomic E-state index is 15.5. The van der Waals surface area contributed by atoms with Gasteiger partial charge in [0.25, 0.3) is 0 Å². The van der Waals surface area contributed by atoms with Crippen molar-refractivity contribution in [2.45, 2.75) is 19.4 Å². The first-order valence-corrected chi connectivity index (χ1v) is 14.7. The van der Waals surface area contributed by atoms with E-state index < -0.39 is 34.7 Å². The van der Waals surface area contributed by atoms with E-state index in [9.17, 15) is 28.7 Å². The van der Waals surface area contributed by atoms with Crippen molar-refractivity contribution in [2.24, 2.45) is 0 Å². The summed E-state index contributed by atoms with van der Waals surface area (Å²) in [4.78, 5) is 57.8. The van der Waals surface area contributed by atoms with E-state index in [2.05, 4.69) is 15.2 Å². The molecule has 2 saturated heterocycles. The van der Waals surface area contributed by atoms with Gasteiger partial charge in [-0.2, -0.15) is 0 Å². The maximum atomic E-state index is 15.5. The molecule has 4 heterocycles. The minimum atomic E-state index is -1.47. The number of cyclic esters (lactones) is 1. The highest BCUT2D eigenvalue weighted by atomic mass is 19.1. The topological polar surface area (TPSA) is 137 Å². The highest BCUT2D eigenvalue weighted by molar-refractivity contribution is 5.94. The van der Waals surface area contributed by atoms with Crippen molar-refractivity contribution < 1.29 is 33.0 Å². The standard InChI is InChI=1S/C32H30F2N6O6/c1-19(41)35-9-8-23-17-39(32(45)46-23)22-5-3-21(4-6-22)37-10-12-38(13-11-37)28-15-27-24(14-26(28)34)30(42)25(31(43)44)18-40(27)29-7-2-20(33)16-36-29/h2-7,14-16,18,23H,8-13,17H2,1H3,(H,35,41)(H,43,44)/t23-/m0/s1. The number of carbonyl (C=O) groups excluding carboxylic acids is 2. The van der Waals surface area contributed by atoms with Crippen molar-refractivity contribution in [3.8, 4) is 5.82 Å². The second kappa shape index (κ2) is 12.5. The summed E-state index contributed by atoms with van der Waals surface area (Å²) in [6.45, 7) is 4.25. The number of fused-ring (bicyclic) bond motifs is 1. The number of nitrogens with zero attached hydrogens (tertiary/aromatic N) is 5. The predicted molar refractivity (Wildman–Crippen MR) is 166 cm³/mol. The Morgan fingerprint density at radius 1 is 1.00 bits per heavy atom. The fourth-order valence-corrected chi connectivity index (χ4v) is 5.77. The Morgan fingerprint density at radius 2 is 1.70 bits per heavy atom. The Bertz CT molecular complexity index is 1870. The van der Waals surface area contributed by atoms with Gasteiger partial charge in [0.1, 0.15) is 29.1 Å². The molecule has 2 aromatic heterocycles. The summed E-state index contributed by atoms with van der Waals surface area (Å²) in [5.74, 6) is -2.70. The largest absolute Gasteiger partial charge is 0.477 e. The van der Waals surface area contributed by atoms with E-state index >= 15 is 4.39 Å². The molecule has 2 aliphatic rings. The van der Waals surface area contributed by atoms with Crippen LogP contribution in [0.4, 0.5) is 30.6 Å². The number of carboxylic acid groups (broad SMARTS) is 1. The number of benzene rings is 2. The van der Waals surface area contributed by atoms with E-state index in [1.165, 1.54) is 23.6 Å². The van der Waals surface area contributed by atoms with Gasteiger partial charge in [0.15, 0.2) is 0 Å². The molecule has 2 fully saturated rings. The van der Waals surface area contributed by atoms with Crippen LogP contribution >= 0.6 is 0 Å². The van der Waals surface area contributed by atoms with Gasteiger partial charge in [0.2, 0.25) is 11.3 Å². The highest BCUT2D eigenvalue weighted by Crippen LogP contribution is 2.30. The van der Waals surface area contributed by atoms with Crippen LogP contribution in [0.2, 0.25) is 0 Å². The number of halogens is 2. The van der Waals surface area contributed by atoms with E-state index in [0.29, 0.717) is 51.4 Å². The van der Waals surface area contributed by atoms with E-state index in [-0.39, 0.29) is 34.4 Å². The molecule has 0 bridgehead atoms. The molecule has 2 amide bonds. The van der Waals surface area contributed by atoms with Crippen LogP contribution in [0.25, 0.3) is 16.7 Å². The first-order chi connectivity index (χ1) is 22.1. The number of hydrogen-bond acceptors (Lipinski definition) is 8. The Kier molecular flexibility index (Phi) is 8.26. The molecule has 0 spiro atoms. The minimum absolute atomic E-state index is 0.132. The molecule has 2 aromatic carbocycles. The molecule has 0 unspecified atom stereocenters. The summed E-state index contributed by atoms with van der Waals surface area (Å²) in [6.07, 6.45) is 1.85. The number of amides is 2. The summed E-state index contributed by atoms with van der Waals surface area (Å²) in [5.41, 5.74) is 0.703. The van der Waals surface area contributed by atoms with Crippen molar-refractivity contribution in [1.29, 1.82) is 0 Å². The molecular formula is C32H30F2N6O6. The van der Waals surface area contributed by atoms with Crippen LogP contribution in [-0.2, 0) is 9.53 Å². The number of hydrogen-bond donors (Lipinski definition) is 2. The average Bonchev–Trinajstić information content (AvgIpc) is 3.41. The van der Waals surface area contributed by atoms with Gasteiger partial charge in [-0.3, -0.25) is 14.5 Å². The lowest BCUT2D eigenvalue weighted by atomic mass is 10.1. The second-order valence-electron chi connectivity index (χ2n) is 11.1. The Balaban J connectivity index is 1.18. The van der Waals surface area contributed by atoms with Crippen LogP contribution in [0.5, 0.6) is 0 Å². The summed E-state index contributed by atoms with van der Waals surface area (Å²) in [5, 5.41) is 12.2. The Hall–Kier alpha value is -5.53. The van der Waals surface area contributed by atoms with Gasteiger partial charge in [-0.25, -0.2) is 23.4 Å². The molecule has 0 radical (unpaired) electrons. The third-order valence-electron chi connectivity index (χ3n) is 8.12. The first-order valence-electron chi connectivity index (χ1n) is 14.7. The molecule has 0 aliphatic carbocycles. The normalized spacial score (nSPS) is 16.5. The summed E-state index contributed by atoms with van der Waals surface area (Å²) in [6, 6.07) is 12.5. The van der Waals surface area contributed by atoms with Crippen LogP contribution in [0.1, 0.15) is 23.7 Å². The molecule has 1 atom stereocenters. The zero-order valence-corrected chi connectivity index (χ0v) is 24.8. The van der Waals surface area contributed by atoms with E-state index in [4.69, 9.17) is 4.74 Å².